The second kappa shape index (κ2) is 5.62. The minimum absolute atomic E-state index is 0.168. The number of aliphatic hydroxyl groups is 1. The van der Waals surface area contributed by atoms with Crippen LogP contribution in [0.25, 0.3) is 10.8 Å². The zero-order chi connectivity index (χ0) is 14.8. The van der Waals surface area contributed by atoms with Crippen molar-refractivity contribution in [1.29, 1.82) is 0 Å². The van der Waals surface area contributed by atoms with E-state index in [0.717, 1.165) is 0 Å². The monoisotopic (exact) mass is 289 g/mol. The van der Waals surface area contributed by atoms with Crippen molar-refractivity contribution in [3.63, 3.8) is 0 Å². The molecule has 108 valence electrons. The van der Waals surface area contributed by atoms with E-state index in [1.54, 1.807) is 24.3 Å². The molecular formula is C13H11F4NO2. The van der Waals surface area contributed by atoms with Crippen LogP contribution < -0.4 is 4.74 Å². The summed E-state index contributed by atoms with van der Waals surface area (Å²) >= 11 is 0. The van der Waals surface area contributed by atoms with Crippen LogP contribution in [0.4, 0.5) is 17.6 Å². The molecule has 0 aliphatic carbocycles. The molecule has 0 unspecified atom stereocenters. The minimum atomic E-state index is -4.24. The zero-order valence-corrected chi connectivity index (χ0v) is 10.2. The van der Waals surface area contributed by atoms with Crippen molar-refractivity contribution in [2.24, 2.45) is 0 Å². The summed E-state index contributed by atoms with van der Waals surface area (Å²) in [5, 5.41) is 10.1. The largest absolute Gasteiger partial charge is 0.471 e. The normalized spacial score (nSPS) is 12.1. The van der Waals surface area contributed by atoms with Gasteiger partial charge in [0.25, 0.3) is 0 Å². The molecule has 2 aromatic rings. The summed E-state index contributed by atoms with van der Waals surface area (Å²) in [5.41, 5.74) is 0.494. The number of halogens is 4. The van der Waals surface area contributed by atoms with Crippen molar-refractivity contribution in [1.82, 2.24) is 4.98 Å². The molecule has 0 aliphatic rings. The number of fused-ring (bicyclic) bond motifs is 1. The summed E-state index contributed by atoms with van der Waals surface area (Å²) in [5.74, 6) is -4.41. The number of benzene rings is 1. The average molecular weight is 289 g/mol. The van der Waals surface area contributed by atoms with Crippen molar-refractivity contribution >= 4 is 10.8 Å². The molecule has 0 fully saturated rings. The van der Waals surface area contributed by atoms with E-state index in [1.807, 2.05) is 0 Å². The Morgan fingerprint density at radius 1 is 1.20 bits per heavy atom. The Bertz CT molecular complexity index is 604. The summed E-state index contributed by atoms with van der Waals surface area (Å²) < 4.78 is 54.5. The third-order valence-corrected chi connectivity index (χ3v) is 2.73. The maximum absolute atomic E-state index is 12.8. The van der Waals surface area contributed by atoms with E-state index >= 15 is 0 Å². The Balaban J connectivity index is 2.32. The highest BCUT2D eigenvalue weighted by Crippen LogP contribution is 2.29. The quantitative estimate of drug-likeness (QED) is 0.860. The van der Waals surface area contributed by atoms with Gasteiger partial charge in [0, 0.05) is 17.1 Å². The third kappa shape index (κ3) is 2.82. The number of pyridine rings is 1. The molecule has 0 amide bonds. The Labute approximate surface area is 111 Å². The maximum Gasteiger partial charge on any atom is 0.340 e. The first-order valence-corrected chi connectivity index (χ1v) is 5.72. The van der Waals surface area contributed by atoms with Gasteiger partial charge in [-0.25, -0.2) is 13.8 Å². The Morgan fingerprint density at radius 2 is 1.85 bits per heavy atom. The predicted molar refractivity (Wildman–Crippen MR) is 64.1 cm³/mol. The third-order valence-electron chi connectivity index (χ3n) is 2.73. The first kappa shape index (κ1) is 14.5. The Morgan fingerprint density at radius 3 is 2.45 bits per heavy atom. The van der Waals surface area contributed by atoms with Crippen LogP contribution in [0.3, 0.4) is 0 Å². The number of alkyl halides is 4. The van der Waals surface area contributed by atoms with E-state index in [1.165, 1.54) is 6.20 Å². The Kier molecular flexibility index (Phi) is 4.08. The van der Waals surface area contributed by atoms with Crippen molar-refractivity contribution in [2.75, 3.05) is 6.61 Å². The molecule has 20 heavy (non-hydrogen) atoms. The second-order valence-electron chi connectivity index (χ2n) is 4.14. The van der Waals surface area contributed by atoms with Crippen molar-refractivity contribution in [3.05, 3.63) is 36.0 Å². The van der Waals surface area contributed by atoms with Gasteiger partial charge in [0.2, 0.25) is 5.88 Å². The fourth-order valence-corrected chi connectivity index (χ4v) is 1.69. The van der Waals surface area contributed by atoms with E-state index in [2.05, 4.69) is 4.98 Å². The topological polar surface area (TPSA) is 42.4 Å². The van der Waals surface area contributed by atoms with Gasteiger partial charge in [-0.05, 0) is 11.5 Å². The van der Waals surface area contributed by atoms with Gasteiger partial charge in [-0.2, -0.15) is 8.78 Å². The van der Waals surface area contributed by atoms with Crippen LogP contribution in [0.5, 0.6) is 5.88 Å². The number of aliphatic hydroxyl groups excluding tert-OH is 1. The minimum Gasteiger partial charge on any atom is -0.471 e. The maximum atomic E-state index is 12.8. The fraction of sp³-hybridized carbons (Fsp3) is 0.308. The lowest BCUT2D eigenvalue weighted by atomic mass is 10.1. The van der Waals surface area contributed by atoms with E-state index in [9.17, 15) is 17.6 Å². The summed E-state index contributed by atoms with van der Waals surface area (Å²) in [7, 11) is 0. The number of nitrogens with zero attached hydrogens (tertiary/aromatic N) is 1. The van der Waals surface area contributed by atoms with Crippen molar-refractivity contribution < 1.29 is 27.4 Å². The summed E-state index contributed by atoms with van der Waals surface area (Å²) in [6.45, 7) is -1.74. The van der Waals surface area contributed by atoms with Gasteiger partial charge in [-0.1, -0.05) is 18.2 Å². The number of hydrogen-bond acceptors (Lipinski definition) is 3. The van der Waals surface area contributed by atoms with E-state index in [4.69, 9.17) is 9.84 Å². The van der Waals surface area contributed by atoms with Crippen LogP contribution in [-0.4, -0.2) is 29.0 Å². The van der Waals surface area contributed by atoms with Gasteiger partial charge < -0.3 is 9.84 Å². The van der Waals surface area contributed by atoms with Gasteiger partial charge in [0.15, 0.2) is 6.61 Å². The molecule has 0 aliphatic heterocycles. The van der Waals surface area contributed by atoms with Crippen LogP contribution in [0.15, 0.2) is 30.5 Å². The standard InChI is InChI=1S/C13H11F4NO2/c14-12(15)13(16,17)7-20-11-10-4-2-1-3-9(10)8(6-19)5-18-11/h1-5,12,19H,6-7H2. The van der Waals surface area contributed by atoms with E-state index in [0.29, 0.717) is 16.3 Å². The average Bonchev–Trinajstić information content (AvgIpc) is 2.44. The summed E-state index contributed by atoms with van der Waals surface area (Å²) in [6, 6.07) is 6.53. The van der Waals surface area contributed by atoms with Crippen LogP contribution >= 0.6 is 0 Å². The zero-order valence-electron chi connectivity index (χ0n) is 10.2. The number of hydrogen-bond donors (Lipinski definition) is 1. The lowest BCUT2D eigenvalue weighted by Gasteiger charge is -2.16. The molecule has 0 radical (unpaired) electrons. The molecule has 1 N–H and O–H groups in total. The highest BCUT2D eigenvalue weighted by Gasteiger charge is 2.42. The van der Waals surface area contributed by atoms with Crippen molar-refractivity contribution in [3.8, 4) is 5.88 Å². The highest BCUT2D eigenvalue weighted by atomic mass is 19.3. The lowest BCUT2D eigenvalue weighted by Crippen LogP contribution is -2.33. The number of ether oxygens (including phenoxy) is 1. The molecule has 2 rings (SSSR count). The number of rotatable bonds is 5. The molecule has 1 aromatic carbocycles. The van der Waals surface area contributed by atoms with Gasteiger partial charge >= 0.3 is 12.3 Å². The van der Waals surface area contributed by atoms with E-state index in [-0.39, 0.29) is 12.5 Å². The van der Waals surface area contributed by atoms with Crippen LogP contribution in [-0.2, 0) is 6.61 Å². The first-order valence-electron chi connectivity index (χ1n) is 5.72. The number of aromatic nitrogens is 1. The van der Waals surface area contributed by atoms with Gasteiger partial charge in [0.05, 0.1) is 6.61 Å². The molecule has 0 spiro atoms. The Hall–Kier alpha value is -1.89. The van der Waals surface area contributed by atoms with Crippen LogP contribution in [0.1, 0.15) is 5.56 Å². The smallest absolute Gasteiger partial charge is 0.340 e. The SMILES string of the molecule is OCc1cnc(OCC(F)(F)C(F)F)c2ccccc12. The summed E-state index contributed by atoms with van der Waals surface area (Å²) in [6.07, 6.45) is -2.54. The van der Waals surface area contributed by atoms with Gasteiger partial charge in [-0.15, -0.1) is 0 Å². The first-order chi connectivity index (χ1) is 9.45. The molecule has 3 nitrogen and oxygen atoms in total. The molecule has 0 atom stereocenters. The molecule has 0 saturated heterocycles. The predicted octanol–water partition coefficient (Wildman–Crippen LogP) is 3.01. The molecule has 7 heteroatoms. The van der Waals surface area contributed by atoms with E-state index < -0.39 is 19.0 Å². The lowest BCUT2D eigenvalue weighted by molar-refractivity contribution is -0.148. The van der Waals surface area contributed by atoms with Gasteiger partial charge in [-0.3, -0.25) is 0 Å². The molecular weight excluding hydrogens is 278 g/mol. The van der Waals surface area contributed by atoms with Crippen LogP contribution in [0, 0.1) is 0 Å². The molecule has 0 saturated carbocycles. The van der Waals surface area contributed by atoms with Crippen LogP contribution in [0.2, 0.25) is 0 Å². The molecule has 1 aromatic heterocycles. The summed E-state index contributed by atoms with van der Waals surface area (Å²) in [4.78, 5) is 3.78. The molecule has 1 heterocycles. The second-order valence-corrected chi connectivity index (χ2v) is 4.14. The fourth-order valence-electron chi connectivity index (χ4n) is 1.69. The molecule has 0 bridgehead atoms. The van der Waals surface area contributed by atoms with Gasteiger partial charge in [0.1, 0.15) is 0 Å². The highest BCUT2D eigenvalue weighted by molar-refractivity contribution is 5.89. The van der Waals surface area contributed by atoms with Crippen molar-refractivity contribution in [2.45, 2.75) is 19.0 Å².